The molecule has 0 aliphatic rings. The molecule has 4 nitrogen and oxygen atoms in total. The van der Waals surface area contributed by atoms with Gasteiger partial charge in [0.05, 0.1) is 6.61 Å². The van der Waals surface area contributed by atoms with Gasteiger partial charge in [0.25, 0.3) is 0 Å². The standard InChI is InChI=1S/C16H21N3O/c1-3-6-20-16-8-14(17)7-15(9-16)19-11-13-4-5-18-10-12(13)2/h4-5,7-10,19H,3,6,11,17H2,1-2H3. The lowest BCUT2D eigenvalue weighted by molar-refractivity contribution is 0.318. The van der Waals surface area contributed by atoms with Crippen molar-refractivity contribution in [2.75, 3.05) is 17.7 Å². The van der Waals surface area contributed by atoms with Gasteiger partial charge in [-0.3, -0.25) is 4.98 Å². The van der Waals surface area contributed by atoms with E-state index in [2.05, 4.69) is 24.1 Å². The highest BCUT2D eigenvalue weighted by molar-refractivity contribution is 5.59. The first kappa shape index (κ1) is 14.2. The molecule has 3 N–H and O–H groups in total. The fourth-order valence-electron chi connectivity index (χ4n) is 1.93. The Balaban J connectivity index is 2.05. The van der Waals surface area contributed by atoms with Crippen molar-refractivity contribution in [3.8, 4) is 5.75 Å². The number of aryl methyl sites for hydroxylation is 1. The Morgan fingerprint density at radius 1 is 1.30 bits per heavy atom. The van der Waals surface area contributed by atoms with Crippen LogP contribution in [0, 0.1) is 6.92 Å². The minimum Gasteiger partial charge on any atom is -0.493 e. The third-order valence-electron chi connectivity index (χ3n) is 3.02. The summed E-state index contributed by atoms with van der Waals surface area (Å²) in [5.74, 6) is 0.806. The molecule has 0 radical (unpaired) electrons. The number of nitrogens with two attached hydrogens (primary N) is 1. The molecule has 0 bridgehead atoms. The number of hydrogen-bond donors (Lipinski definition) is 2. The molecule has 20 heavy (non-hydrogen) atoms. The molecule has 1 heterocycles. The number of pyridine rings is 1. The molecule has 0 saturated carbocycles. The van der Waals surface area contributed by atoms with Crippen molar-refractivity contribution in [3.05, 3.63) is 47.8 Å². The van der Waals surface area contributed by atoms with Crippen LogP contribution in [-0.2, 0) is 6.54 Å². The number of anilines is 2. The molecule has 4 heteroatoms. The Hall–Kier alpha value is -2.23. The zero-order valence-corrected chi connectivity index (χ0v) is 12.0. The molecule has 0 unspecified atom stereocenters. The van der Waals surface area contributed by atoms with Gasteiger partial charge in [-0.05, 0) is 36.6 Å². The van der Waals surface area contributed by atoms with Gasteiger partial charge in [0, 0.05) is 42.4 Å². The van der Waals surface area contributed by atoms with E-state index in [9.17, 15) is 0 Å². The fourth-order valence-corrected chi connectivity index (χ4v) is 1.93. The molecule has 0 atom stereocenters. The number of hydrogen-bond acceptors (Lipinski definition) is 4. The summed E-state index contributed by atoms with van der Waals surface area (Å²) in [4.78, 5) is 4.09. The number of rotatable bonds is 6. The third-order valence-corrected chi connectivity index (χ3v) is 3.02. The van der Waals surface area contributed by atoms with Crippen LogP contribution in [0.2, 0.25) is 0 Å². The van der Waals surface area contributed by atoms with E-state index >= 15 is 0 Å². The van der Waals surface area contributed by atoms with Crippen LogP contribution in [0.25, 0.3) is 0 Å². The Bertz CT molecular complexity index is 569. The van der Waals surface area contributed by atoms with Crippen molar-refractivity contribution in [3.63, 3.8) is 0 Å². The molecular formula is C16H21N3O. The molecule has 0 fully saturated rings. The number of benzene rings is 1. The summed E-state index contributed by atoms with van der Waals surface area (Å²) < 4.78 is 5.62. The molecule has 106 valence electrons. The molecule has 0 aliphatic heterocycles. The van der Waals surface area contributed by atoms with Gasteiger partial charge >= 0.3 is 0 Å². The monoisotopic (exact) mass is 271 g/mol. The topological polar surface area (TPSA) is 60.2 Å². The van der Waals surface area contributed by atoms with Gasteiger partial charge < -0.3 is 15.8 Å². The second kappa shape index (κ2) is 6.80. The summed E-state index contributed by atoms with van der Waals surface area (Å²) in [5, 5.41) is 3.37. The van der Waals surface area contributed by atoms with Gasteiger partial charge in [0.15, 0.2) is 0 Å². The smallest absolute Gasteiger partial charge is 0.123 e. The Labute approximate surface area is 120 Å². The molecule has 1 aromatic carbocycles. The van der Waals surface area contributed by atoms with Gasteiger partial charge in [-0.15, -0.1) is 0 Å². The Kier molecular flexibility index (Phi) is 4.82. The van der Waals surface area contributed by atoms with Gasteiger partial charge in [0.1, 0.15) is 5.75 Å². The van der Waals surface area contributed by atoms with E-state index in [4.69, 9.17) is 10.5 Å². The van der Waals surface area contributed by atoms with Crippen LogP contribution in [0.15, 0.2) is 36.7 Å². The Morgan fingerprint density at radius 2 is 2.15 bits per heavy atom. The summed E-state index contributed by atoms with van der Waals surface area (Å²) in [5.41, 5.74) is 9.96. The number of nitrogens with zero attached hydrogens (tertiary/aromatic N) is 1. The lowest BCUT2D eigenvalue weighted by Gasteiger charge is -2.12. The highest BCUT2D eigenvalue weighted by Gasteiger charge is 2.02. The van der Waals surface area contributed by atoms with E-state index in [-0.39, 0.29) is 0 Å². The number of aromatic nitrogens is 1. The Morgan fingerprint density at radius 3 is 2.90 bits per heavy atom. The van der Waals surface area contributed by atoms with Crippen LogP contribution in [0.5, 0.6) is 5.75 Å². The number of ether oxygens (including phenoxy) is 1. The van der Waals surface area contributed by atoms with E-state index < -0.39 is 0 Å². The summed E-state index contributed by atoms with van der Waals surface area (Å²) >= 11 is 0. The van der Waals surface area contributed by atoms with E-state index in [1.807, 2.05) is 30.5 Å². The highest BCUT2D eigenvalue weighted by Crippen LogP contribution is 2.23. The zero-order valence-electron chi connectivity index (χ0n) is 12.0. The second-order valence-electron chi connectivity index (χ2n) is 4.79. The maximum Gasteiger partial charge on any atom is 0.123 e. The molecular weight excluding hydrogens is 250 g/mol. The van der Waals surface area contributed by atoms with Crippen molar-refractivity contribution in [1.29, 1.82) is 0 Å². The van der Waals surface area contributed by atoms with E-state index in [1.54, 1.807) is 6.20 Å². The van der Waals surface area contributed by atoms with E-state index in [1.165, 1.54) is 11.1 Å². The molecule has 0 aliphatic carbocycles. The first-order valence-electron chi connectivity index (χ1n) is 6.85. The minimum atomic E-state index is 0.701. The molecule has 2 aromatic rings. The quantitative estimate of drug-likeness (QED) is 0.791. The first-order chi connectivity index (χ1) is 9.69. The van der Waals surface area contributed by atoms with E-state index in [0.29, 0.717) is 12.3 Å². The van der Waals surface area contributed by atoms with Crippen molar-refractivity contribution >= 4 is 11.4 Å². The molecule has 0 saturated heterocycles. The average molecular weight is 271 g/mol. The van der Waals surface area contributed by atoms with E-state index in [0.717, 1.165) is 24.4 Å². The van der Waals surface area contributed by atoms with Crippen LogP contribution < -0.4 is 15.8 Å². The number of nitrogen functional groups attached to an aromatic ring is 1. The third kappa shape index (κ3) is 3.88. The summed E-state index contributed by atoms with van der Waals surface area (Å²) in [6, 6.07) is 7.75. The van der Waals surface area contributed by atoms with Crippen molar-refractivity contribution in [2.45, 2.75) is 26.8 Å². The average Bonchev–Trinajstić information content (AvgIpc) is 2.44. The predicted molar refractivity (Wildman–Crippen MR) is 82.9 cm³/mol. The van der Waals surface area contributed by atoms with Crippen LogP contribution in [0.3, 0.4) is 0 Å². The first-order valence-corrected chi connectivity index (χ1v) is 6.85. The predicted octanol–water partition coefficient (Wildman–Crippen LogP) is 3.37. The van der Waals surface area contributed by atoms with Crippen LogP contribution in [-0.4, -0.2) is 11.6 Å². The van der Waals surface area contributed by atoms with Crippen molar-refractivity contribution in [2.24, 2.45) is 0 Å². The van der Waals surface area contributed by atoms with Gasteiger partial charge in [0.2, 0.25) is 0 Å². The van der Waals surface area contributed by atoms with Gasteiger partial charge in [-0.25, -0.2) is 0 Å². The maximum absolute atomic E-state index is 5.90. The molecule has 2 rings (SSSR count). The molecule has 0 amide bonds. The van der Waals surface area contributed by atoms with Gasteiger partial charge in [-0.2, -0.15) is 0 Å². The highest BCUT2D eigenvalue weighted by atomic mass is 16.5. The second-order valence-corrected chi connectivity index (χ2v) is 4.79. The van der Waals surface area contributed by atoms with Crippen molar-refractivity contribution in [1.82, 2.24) is 4.98 Å². The van der Waals surface area contributed by atoms with Gasteiger partial charge in [-0.1, -0.05) is 6.92 Å². The van der Waals surface area contributed by atoms with Crippen molar-refractivity contribution < 1.29 is 4.74 Å². The lowest BCUT2D eigenvalue weighted by atomic mass is 10.1. The maximum atomic E-state index is 5.90. The van der Waals surface area contributed by atoms with Crippen LogP contribution in [0.4, 0.5) is 11.4 Å². The fraction of sp³-hybridized carbons (Fsp3) is 0.312. The largest absolute Gasteiger partial charge is 0.493 e. The summed E-state index contributed by atoms with van der Waals surface area (Å²) in [6.45, 7) is 5.58. The normalized spacial score (nSPS) is 10.3. The number of nitrogens with one attached hydrogen (secondary N) is 1. The SMILES string of the molecule is CCCOc1cc(N)cc(NCc2ccncc2C)c1. The lowest BCUT2D eigenvalue weighted by Crippen LogP contribution is -2.03. The molecule has 0 spiro atoms. The summed E-state index contributed by atoms with van der Waals surface area (Å²) in [6.07, 6.45) is 4.65. The van der Waals surface area contributed by atoms with Crippen LogP contribution in [0.1, 0.15) is 24.5 Å². The summed E-state index contributed by atoms with van der Waals surface area (Å²) in [7, 11) is 0. The zero-order chi connectivity index (χ0) is 14.4. The molecule has 1 aromatic heterocycles. The van der Waals surface area contributed by atoms with Crippen LogP contribution >= 0.6 is 0 Å². The minimum absolute atomic E-state index is 0.701.